The van der Waals surface area contributed by atoms with E-state index in [1.54, 1.807) is 0 Å². The molecule has 0 aliphatic carbocycles. The molecule has 0 fully saturated rings. The fourth-order valence-electron chi connectivity index (χ4n) is 2.51. The van der Waals surface area contributed by atoms with Crippen molar-refractivity contribution in [1.29, 1.82) is 0 Å². The highest BCUT2D eigenvalue weighted by atomic mass is 14.9. The van der Waals surface area contributed by atoms with Crippen molar-refractivity contribution in [2.24, 2.45) is 0 Å². The van der Waals surface area contributed by atoms with Crippen molar-refractivity contribution in [3.8, 4) is 0 Å². The molecule has 0 atom stereocenters. The van der Waals surface area contributed by atoms with Crippen molar-refractivity contribution < 1.29 is 0 Å². The summed E-state index contributed by atoms with van der Waals surface area (Å²) in [6, 6.07) is 15.5. The van der Waals surface area contributed by atoms with Gasteiger partial charge in [0.05, 0.1) is 0 Å². The van der Waals surface area contributed by atoms with E-state index in [9.17, 15) is 0 Å². The summed E-state index contributed by atoms with van der Waals surface area (Å²) in [5.41, 5.74) is 6.67. The topological polar surface area (TPSA) is 12.0 Å². The van der Waals surface area contributed by atoms with Crippen molar-refractivity contribution in [3.05, 3.63) is 59.2 Å². The molecule has 0 radical (unpaired) electrons. The molecule has 0 bridgehead atoms. The van der Waals surface area contributed by atoms with Gasteiger partial charge in [-0.25, -0.2) is 0 Å². The average Bonchev–Trinajstić information content (AvgIpc) is 2.36. The van der Waals surface area contributed by atoms with Gasteiger partial charge in [-0.1, -0.05) is 59.7 Å². The predicted octanol–water partition coefficient (Wildman–Crippen LogP) is 6.33. The number of nitrogens with one attached hydrogen (secondary N) is 1. The first-order chi connectivity index (χ1) is 10.1. The summed E-state index contributed by atoms with van der Waals surface area (Å²) in [5, 5.41) is 3.54. The molecule has 0 spiro atoms. The fraction of sp³-hybridized carbons (Fsp3) is 0.429. The first-order valence-electron chi connectivity index (χ1n) is 8.05. The molecule has 0 heterocycles. The molecule has 0 aliphatic rings. The van der Waals surface area contributed by atoms with Gasteiger partial charge in [-0.15, -0.1) is 0 Å². The van der Waals surface area contributed by atoms with Crippen LogP contribution in [0, 0.1) is 6.92 Å². The van der Waals surface area contributed by atoms with E-state index in [1.807, 2.05) is 0 Å². The minimum Gasteiger partial charge on any atom is -0.356 e. The summed E-state index contributed by atoms with van der Waals surface area (Å²) in [6.45, 7) is 15.6. The maximum Gasteiger partial charge on any atom is 0.0389 e. The van der Waals surface area contributed by atoms with Gasteiger partial charge in [0, 0.05) is 11.4 Å². The van der Waals surface area contributed by atoms with Gasteiger partial charge in [0.25, 0.3) is 0 Å². The smallest absolute Gasteiger partial charge is 0.0389 e. The molecule has 1 N–H and O–H groups in total. The van der Waals surface area contributed by atoms with Gasteiger partial charge in [-0.05, 0) is 58.7 Å². The Kier molecular flexibility index (Phi) is 4.37. The van der Waals surface area contributed by atoms with Crippen molar-refractivity contribution in [2.75, 3.05) is 5.32 Å². The minimum atomic E-state index is 0.165. The molecule has 2 aromatic rings. The normalized spacial score (nSPS) is 12.3. The maximum atomic E-state index is 3.54. The zero-order valence-corrected chi connectivity index (χ0v) is 15.0. The quantitative estimate of drug-likeness (QED) is 0.682. The van der Waals surface area contributed by atoms with E-state index >= 15 is 0 Å². The molecule has 0 unspecified atom stereocenters. The van der Waals surface area contributed by atoms with Gasteiger partial charge < -0.3 is 5.32 Å². The fourth-order valence-corrected chi connectivity index (χ4v) is 2.51. The first-order valence-corrected chi connectivity index (χ1v) is 8.05. The van der Waals surface area contributed by atoms with Gasteiger partial charge >= 0.3 is 0 Å². The number of benzene rings is 2. The molecule has 118 valence electrons. The second-order valence-electron chi connectivity index (χ2n) is 8.29. The van der Waals surface area contributed by atoms with Crippen molar-refractivity contribution >= 4 is 11.4 Å². The molecular formula is C21H29N. The molecule has 0 amide bonds. The molecule has 1 nitrogen and oxygen atoms in total. The van der Waals surface area contributed by atoms with Crippen LogP contribution in [-0.2, 0) is 10.8 Å². The lowest BCUT2D eigenvalue weighted by Gasteiger charge is -2.22. The predicted molar refractivity (Wildman–Crippen MR) is 98.3 cm³/mol. The monoisotopic (exact) mass is 295 g/mol. The number of hydrogen-bond acceptors (Lipinski definition) is 1. The molecule has 2 rings (SSSR count). The van der Waals surface area contributed by atoms with Gasteiger partial charge in [0.1, 0.15) is 0 Å². The summed E-state index contributed by atoms with van der Waals surface area (Å²) in [4.78, 5) is 0. The summed E-state index contributed by atoms with van der Waals surface area (Å²) >= 11 is 0. The Morgan fingerprint density at radius 2 is 1.18 bits per heavy atom. The summed E-state index contributed by atoms with van der Waals surface area (Å²) in [6.07, 6.45) is 0. The van der Waals surface area contributed by atoms with Crippen molar-refractivity contribution in [1.82, 2.24) is 0 Å². The highest BCUT2D eigenvalue weighted by Crippen LogP contribution is 2.29. The molecule has 2 aromatic carbocycles. The Morgan fingerprint density at radius 1 is 0.636 bits per heavy atom. The third-order valence-electron chi connectivity index (χ3n) is 3.98. The zero-order valence-electron chi connectivity index (χ0n) is 15.0. The van der Waals surface area contributed by atoms with Crippen LogP contribution < -0.4 is 5.32 Å². The molecule has 22 heavy (non-hydrogen) atoms. The van der Waals surface area contributed by atoms with Crippen LogP contribution in [0.2, 0.25) is 0 Å². The number of hydrogen-bond donors (Lipinski definition) is 1. The minimum absolute atomic E-state index is 0.165. The average molecular weight is 295 g/mol. The van der Waals surface area contributed by atoms with E-state index in [2.05, 4.69) is 96.2 Å². The summed E-state index contributed by atoms with van der Waals surface area (Å²) in [7, 11) is 0. The van der Waals surface area contributed by atoms with E-state index in [1.165, 1.54) is 16.7 Å². The lowest BCUT2D eigenvalue weighted by molar-refractivity contribution is 0.589. The summed E-state index contributed by atoms with van der Waals surface area (Å²) < 4.78 is 0. The van der Waals surface area contributed by atoms with Crippen LogP contribution in [0.3, 0.4) is 0 Å². The van der Waals surface area contributed by atoms with Gasteiger partial charge in [0.2, 0.25) is 0 Å². The van der Waals surface area contributed by atoms with Crippen LogP contribution in [0.25, 0.3) is 0 Å². The van der Waals surface area contributed by atoms with Crippen LogP contribution in [-0.4, -0.2) is 0 Å². The van der Waals surface area contributed by atoms with E-state index < -0.39 is 0 Å². The SMILES string of the molecule is Cc1cc(Nc2ccc(C(C)(C)C)cc2)cc(C(C)(C)C)c1. The van der Waals surface area contributed by atoms with Crippen LogP contribution >= 0.6 is 0 Å². The van der Waals surface area contributed by atoms with Crippen molar-refractivity contribution in [3.63, 3.8) is 0 Å². The second kappa shape index (κ2) is 5.79. The standard InChI is InChI=1S/C21H29N/c1-15-12-17(21(5,6)7)14-19(13-15)22-18-10-8-16(9-11-18)20(2,3)4/h8-14,22H,1-7H3. The van der Waals surface area contributed by atoms with E-state index in [0.717, 1.165) is 11.4 Å². The highest BCUT2D eigenvalue weighted by molar-refractivity contribution is 5.62. The molecule has 0 aliphatic heterocycles. The molecule has 0 saturated heterocycles. The van der Waals surface area contributed by atoms with Crippen LogP contribution in [0.4, 0.5) is 11.4 Å². The van der Waals surface area contributed by atoms with Crippen LogP contribution in [0.15, 0.2) is 42.5 Å². The van der Waals surface area contributed by atoms with E-state index in [-0.39, 0.29) is 10.8 Å². The highest BCUT2D eigenvalue weighted by Gasteiger charge is 2.15. The Balaban J connectivity index is 2.26. The molecule has 0 saturated carbocycles. The van der Waals surface area contributed by atoms with Crippen LogP contribution in [0.1, 0.15) is 58.2 Å². The van der Waals surface area contributed by atoms with Gasteiger partial charge in [0.15, 0.2) is 0 Å². The molecular weight excluding hydrogens is 266 g/mol. The van der Waals surface area contributed by atoms with Gasteiger partial charge in [-0.3, -0.25) is 0 Å². The largest absolute Gasteiger partial charge is 0.356 e. The molecule has 1 heteroatoms. The first kappa shape index (κ1) is 16.6. The third-order valence-corrected chi connectivity index (χ3v) is 3.98. The Morgan fingerprint density at radius 3 is 1.68 bits per heavy atom. The second-order valence-corrected chi connectivity index (χ2v) is 8.29. The number of aryl methyl sites for hydroxylation is 1. The summed E-state index contributed by atoms with van der Waals surface area (Å²) in [5.74, 6) is 0. The van der Waals surface area contributed by atoms with E-state index in [0.29, 0.717) is 0 Å². The third kappa shape index (κ3) is 4.13. The zero-order chi connectivity index (χ0) is 16.5. The molecule has 0 aromatic heterocycles. The van der Waals surface area contributed by atoms with Crippen LogP contribution in [0.5, 0.6) is 0 Å². The lowest BCUT2D eigenvalue weighted by Crippen LogP contribution is -2.12. The van der Waals surface area contributed by atoms with E-state index in [4.69, 9.17) is 0 Å². The Bertz CT molecular complexity index is 637. The Hall–Kier alpha value is -1.76. The number of anilines is 2. The van der Waals surface area contributed by atoms with Gasteiger partial charge in [-0.2, -0.15) is 0 Å². The van der Waals surface area contributed by atoms with Crippen molar-refractivity contribution in [2.45, 2.75) is 59.3 Å². The number of rotatable bonds is 2. The Labute approximate surface area is 135 Å². The lowest BCUT2D eigenvalue weighted by atomic mass is 9.86. The maximum absolute atomic E-state index is 3.54.